The smallest absolute Gasteiger partial charge is 0.169 e. The maximum atomic E-state index is 13.5. The molecule has 2 nitrogen and oxygen atoms in total. The van der Waals surface area contributed by atoms with Crippen molar-refractivity contribution in [2.24, 2.45) is 5.73 Å². The standard InChI is InChI=1S/C12H10Br2FNO/c13-8-1-2-9(15)7(5-8)6-10(16)11-3-4-12(14)17-11/h1-5,10H,6,16H2. The zero-order chi connectivity index (χ0) is 12.4. The van der Waals surface area contributed by atoms with Gasteiger partial charge in [0, 0.05) is 4.47 Å². The quantitative estimate of drug-likeness (QED) is 0.889. The molecule has 0 aliphatic carbocycles. The Morgan fingerprint density at radius 1 is 1.24 bits per heavy atom. The first-order chi connectivity index (χ1) is 8.06. The van der Waals surface area contributed by atoms with E-state index in [1.165, 1.54) is 6.07 Å². The van der Waals surface area contributed by atoms with E-state index < -0.39 is 0 Å². The van der Waals surface area contributed by atoms with Crippen molar-refractivity contribution < 1.29 is 8.81 Å². The summed E-state index contributed by atoms with van der Waals surface area (Å²) in [6, 6.07) is 8.01. The molecule has 0 aliphatic heterocycles. The molecule has 0 spiro atoms. The zero-order valence-electron chi connectivity index (χ0n) is 8.79. The fraction of sp³-hybridized carbons (Fsp3) is 0.167. The monoisotopic (exact) mass is 361 g/mol. The highest BCUT2D eigenvalue weighted by Crippen LogP contribution is 2.24. The molecule has 1 aromatic carbocycles. The summed E-state index contributed by atoms with van der Waals surface area (Å²) < 4.78 is 20.3. The molecule has 1 unspecified atom stereocenters. The Kier molecular flexibility index (Phi) is 4.01. The van der Waals surface area contributed by atoms with Crippen molar-refractivity contribution in [3.63, 3.8) is 0 Å². The second-order valence-electron chi connectivity index (χ2n) is 3.69. The van der Waals surface area contributed by atoms with Gasteiger partial charge >= 0.3 is 0 Å². The Balaban J connectivity index is 2.18. The Hall–Kier alpha value is -0.650. The van der Waals surface area contributed by atoms with Crippen LogP contribution in [0.1, 0.15) is 17.4 Å². The van der Waals surface area contributed by atoms with Crippen molar-refractivity contribution in [2.45, 2.75) is 12.5 Å². The highest BCUT2D eigenvalue weighted by molar-refractivity contribution is 9.10. The largest absolute Gasteiger partial charge is 0.453 e. The number of halogens is 3. The van der Waals surface area contributed by atoms with Crippen LogP contribution in [-0.2, 0) is 6.42 Å². The SMILES string of the molecule is NC(Cc1cc(Br)ccc1F)c1ccc(Br)o1. The van der Waals surface area contributed by atoms with Gasteiger partial charge < -0.3 is 10.2 Å². The summed E-state index contributed by atoms with van der Waals surface area (Å²) in [5, 5.41) is 0. The molecule has 1 heterocycles. The molecule has 1 aromatic heterocycles. The van der Waals surface area contributed by atoms with Crippen molar-refractivity contribution in [1.82, 2.24) is 0 Å². The van der Waals surface area contributed by atoms with Crippen LogP contribution >= 0.6 is 31.9 Å². The van der Waals surface area contributed by atoms with E-state index >= 15 is 0 Å². The number of benzene rings is 1. The Bertz CT molecular complexity index is 527. The van der Waals surface area contributed by atoms with E-state index in [1.807, 2.05) is 0 Å². The van der Waals surface area contributed by atoms with Gasteiger partial charge in [-0.3, -0.25) is 0 Å². The fourth-order valence-corrected chi connectivity index (χ4v) is 2.29. The van der Waals surface area contributed by atoms with Crippen LogP contribution in [-0.4, -0.2) is 0 Å². The molecule has 17 heavy (non-hydrogen) atoms. The minimum Gasteiger partial charge on any atom is -0.453 e. The van der Waals surface area contributed by atoms with Gasteiger partial charge in [0.1, 0.15) is 11.6 Å². The van der Waals surface area contributed by atoms with Crippen LogP contribution in [0.25, 0.3) is 0 Å². The zero-order valence-corrected chi connectivity index (χ0v) is 12.0. The Morgan fingerprint density at radius 2 is 2.00 bits per heavy atom. The van der Waals surface area contributed by atoms with E-state index in [1.54, 1.807) is 24.3 Å². The van der Waals surface area contributed by atoms with E-state index in [0.29, 0.717) is 22.4 Å². The maximum Gasteiger partial charge on any atom is 0.169 e. The van der Waals surface area contributed by atoms with E-state index in [2.05, 4.69) is 31.9 Å². The van der Waals surface area contributed by atoms with Gasteiger partial charge in [0.2, 0.25) is 0 Å². The lowest BCUT2D eigenvalue weighted by Gasteiger charge is -2.10. The molecule has 0 saturated heterocycles. The third kappa shape index (κ3) is 3.18. The van der Waals surface area contributed by atoms with Gasteiger partial charge in [-0.2, -0.15) is 0 Å². The number of hydrogen-bond donors (Lipinski definition) is 1. The number of nitrogens with two attached hydrogens (primary N) is 1. The van der Waals surface area contributed by atoms with Gasteiger partial charge in [0.25, 0.3) is 0 Å². The molecular formula is C12H10Br2FNO. The van der Waals surface area contributed by atoms with Gasteiger partial charge in [-0.05, 0) is 58.2 Å². The van der Waals surface area contributed by atoms with E-state index in [4.69, 9.17) is 10.2 Å². The van der Waals surface area contributed by atoms with Gasteiger partial charge in [-0.25, -0.2) is 4.39 Å². The molecule has 0 amide bonds. The van der Waals surface area contributed by atoms with Crippen molar-refractivity contribution in [3.8, 4) is 0 Å². The van der Waals surface area contributed by atoms with Crippen molar-refractivity contribution in [3.05, 3.63) is 56.6 Å². The van der Waals surface area contributed by atoms with Crippen LogP contribution < -0.4 is 5.73 Å². The number of furan rings is 1. The molecule has 5 heteroatoms. The summed E-state index contributed by atoms with van der Waals surface area (Å²) in [5.74, 6) is 0.380. The van der Waals surface area contributed by atoms with Crippen LogP contribution in [0.2, 0.25) is 0 Å². The van der Waals surface area contributed by atoms with Crippen molar-refractivity contribution in [1.29, 1.82) is 0 Å². The molecule has 90 valence electrons. The van der Waals surface area contributed by atoms with E-state index in [0.717, 1.165) is 4.47 Å². The highest BCUT2D eigenvalue weighted by atomic mass is 79.9. The topological polar surface area (TPSA) is 39.2 Å². The molecule has 1 atom stereocenters. The Morgan fingerprint density at radius 3 is 2.65 bits per heavy atom. The molecule has 0 aliphatic rings. The molecular weight excluding hydrogens is 353 g/mol. The molecule has 2 rings (SSSR count). The third-order valence-corrected chi connectivity index (χ3v) is 3.33. The number of hydrogen-bond acceptors (Lipinski definition) is 2. The summed E-state index contributed by atoms with van der Waals surface area (Å²) in [6.07, 6.45) is 0.394. The second-order valence-corrected chi connectivity index (χ2v) is 5.39. The first kappa shape index (κ1) is 12.8. The molecule has 0 fully saturated rings. The molecule has 0 saturated carbocycles. The maximum absolute atomic E-state index is 13.5. The van der Waals surface area contributed by atoms with Gasteiger partial charge in [-0.1, -0.05) is 15.9 Å². The molecule has 0 radical (unpaired) electrons. The average Bonchev–Trinajstić information content (AvgIpc) is 2.70. The van der Waals surface area contributed by atoms with Gasteiger partial charge in [0.15, 0.2) is 4.67 Å². The van der Waals surface area contributed by atoms with Crippen LogP contribution in [0.3, 0.4) is 0 Å². The van der Waals surface area contributed by atoms with Gasteiger partial charge in [0.05, 0.1) is 6.04 Å². The van der Waals surface area contributed by atoms with Crippen molar-refractivity contribution in [2.75, 3.05) is 0 Å². The minimum atomic E-state index is -0.356. The molecule has 0 bridgehead atoms. The predicted molar refractivity (Wildman–Crippen MR) is 71.1 cm³/mol. The molecule has 2 N–H and O–H groups in total. The lowest BCUT2D eigenvalue weighted by molar-refractivity contribution is 0.444. The van der Waals surface area contributed by atoms with E-state index in [-0.39, 0.29) is 11.9 Å². The summed E-state index contributed by atoms with van der Waals surface area (Å²) in [5.41, 5.74) is 6.53. The Labute approximate surface area is 115 Å². The fourth-order valence-electron chi connectivity index (χ4n) is 1.56. The van der Waals surface area contributed by atoms with Gasteiger partial charge in [-0.15, -0.1) is 0 Å². The summed E-state index contributed by atoms with van der Waals surface area (Å²) in [4.78, 5) is 0. The molecule has 2 aromatic rings. The summed E-state index contributed by atoms with van der Waals surface area (Å²) in [7, 11) is 0. The lowest BCUT2D eigenvalue weighted by atomic mass is 10.0. The second kappa shape index (κ2) is 5.33. The third-order valence-electron chi connectivity index (χ3n) is 2.41. The predicted octanol–water partition coefficient (Wildman–Crippen LogP) is 4.19. The lowest BCUT2D eigenvalue weighted by Crippen LogP contribution is -2.13. The first-order valence-electron chi connectivity index (χ1n) is 5.01. The highest BCUT2D eigenvalue weighted by Gasteiger charge is 2.14. The minimum absolute atomic E-state index is 0.255. The van der Waals surface area contributed by atoms with Crippen LogP contribution in [0, 0.1) is 5.82 Å². The normalized spacial score (nSPS) is 12.7. The van der Waals surface area contributed by atoms with E-state index in [9.17, 15) is 4.39 Å². The van der Waals surface area contributed by atoms with Crippen molar-refractivity contribution >= 4 is 31.9 Å². The number of rotatable bonds is 3. The van der Waals surface area contributed by atoms with Crippen LogP contribution in [0.15, 0.2) is 43.9 Å². The van der Waals surface area contributed by atoms with Crippen LogP contribution in [0.5, 0.6) is 0 Å². The summed E-state index contributed by atoms with van der Waals surface area (Å²) >= 11 is 6.52. The van der Waals surface area contributed by atoms with Crippen LogP contribution in [0.4, 0.5) is 4.39 Å². The first-order valence-corrected chi connectivity index (χ1v) is 6.59. The summed E-state index contributed by atoms with van der Waals surface area (Å²) in [6.45, 7) is 0. The average molecular weight is 363 g/mol.